The second kappa shape index (κ2) is 8.46. The number of hydrogen-bond acceptors (Lipinski definition) is 5. The van der Waals surface area contributed by atoms with E-state index in [4.69, 9.17) is 4.74 Å². The van der Waals surface area contributed by atoms with Gasteiger partial charge in [0.1, 0.15) is 5.69 Å². The van der Waals surface area contributed by atoms with E-state index in [1.54, 1.807) is 36.4 Å². The average Bonchev–Trinajstić information content (AvgIpc) is 2.68. The van der Waals surface area contributed by atoms with E-state index in [0.717, 1.165) is 31.2 Å². The largest absolute Gasteiger partial charge is 0.480 e. The van der Waals surface area contributed by atoms with E-state index >= 15 is 0 Å². The highest BCUT2D eigenvalue weighted by molar-refractivity contribution is 5.66. The summed E-state index contributed by atoms with van der Waals surface area (Å²) >= 11 is 0. The second-order valence-corrected chi connectivity index (χ2v) is 6.53. The quantitative estimate of drug-likeness (QED) is 0.584. The molecule has 0 saturated carbocycles. The Morgan fingerprint density at radius 3 is 2.34 bits per heavy atom. The smallest absolute Gasteiger partial charge is 0.425 e. The van der Waals surface area contributed by atoms with Crippen LogP contribution in [0.1, 0.15) is 30.2 Å². The number of hydrogen-bond donors (Lipinski definition) is 1. The van der Waals surface area contributed by atoms with Gasteiger partial charge in [-0.05, 0) is 37.6 Å². The maximum Gasteiger partial charge on any atom is 0.425 e. The predicted octanol–water partition coefficient (Wildman–Crippen LogP) is 5.57. The molecule has 3 rings (SSSR count). The van der Waals surface area contributed by atoms with Gasteiger partial charge in [-0.2, -0.15) is 18.2 Å². The van der Waals surface area contributed by atoms with Gasteiger partial charge in [0.2, 0.25) is 5.88 Å². The minimum atomic E-state index is -4.70. The summed E-state index contributed by atoms with van der Waals surface area (Å²) in [6.45, 7) is 3.92. The fourth-order valence-corrected chi connectivity index (χ4v) is 2.82. The maximum atomic E-state index is 13.7. The van der Waals surface area contributed by atoms with Crippen LogP contribution >= 0.6 is 0 Å². The van der Waals surface area contributed by atoms with Crippen LogP contribution in [-0.4, -0.2) is 22.1 Å². The fraction of sp³-hybridized carbons (Fsp3) is 0.286. The van der Waals surface area contributed by atoms with Crippen molar-refractivity contribution in [2.45, 2.75) is 32.9 Å². The predicted molar refractivity (Wildman–Crippen MR) is 105 cm³/mol. The Hall–Kier alpha value is -3.16. The van der Waals surface area contributed by atoms with Gasteiger partial charge in [-0.25, -0.2) is 9.97 Å². The summed E-state index contributed by atoms with van der Waals surface area (Å²) in [5, 5.41) is 2.75. The second-order valence-electron chi connectivity index (χ2n) is 6.53. The van der Waals surface area contributed by atoms with Crippen LogP contribution in [0.15, 0.2) is 42.5 Å². The first-order valence-corrected chi connectivity index (χ1v) is 9.15. The highest BCUT2D eigenvalue weighted by atomic mass is 19.4. The van der Waals surface area contributed by atoms with Crippen molar-refractivity contribution in [1.82, 2.24) is 15.0 Å². The van der Waals surface area contributed by atoms with Crippen LogP contribution in [0.2, 0.25) is 0 Å². The molecule has 0 fully saturated rings. The lowest BCUT2D eigenvalue weighted by Crippen LogP contribution is -2.15. The van der Waals surface area contributed by atoms with Gasteiger partial charge >= 0.3 is 6.18 Å². The molecule has 0 spiro atoms. The van der Waals surface area contributed by atoms with Crippen LogP contribution in [-0.2, 0) is 12.6 Å². The molecular weight excluding hydrogens is 381 g/mol. The van der Waals surface area contributed by atoms with Crippen LogP contribution in [0.4, 0.5) is 24.7 Å². The fourth-order valence-electron chi connectivity index (χ4n) is 2.82. The molecule has 1 aromatic carbocycles. The van der Waals surface area contributed by atoms with Crippen molar-refractivity contribution in [3.05, 3.63) is 59.3 Å². The highest BCUT2D eigenvalue weighted by Crippen LogP contribution is 2.41. The van der Waals surface area contributed by atoms with Gasteiger partial charge in [0.25, 0.3) is 0 Å². The Morgan fingerprint density at radius 1 is 1.00 bits per heavy atom. The summed E-state index contributed by atoms with van der Waals surface area (Å²) in [5.74, 6) is -0.881. The number of nitrogens with zero attached hydrogens (tertiary/aromatic N) is 3. The van der Waals surface area contributed by atoms with Crippen LogP contribution in [0.5, 0.6) is 5.88 Å². The number of aryl methyl sites for hydroxylation is 2. The van der Waals surface area contributed by atoms with Crippen molar-refractivity contribution in [2.24, 2.45) is 0 Å². The summed E-state index contributed by atoms with van der Waals surface area (Å²) in [6, 6.07) is 12.3. The van der Waals surface area contributed by atoms with Gasteiger partial charge in [-0.3, -0.25) is 0 Å². The number of rotatable bonds is 6. The lowest BCUT2D eigenvalue weighted by Gasteiger charge is -2.17. The van der Waals surface area contributed by atoms with Gasteiger partial charge < -0.3 is 10.1 Å². The van der Waals surface area contributed by atoms with Gasteiger partial charge in [-0.1, -0.05) is 37.1 Å². The third-order valence-electron chi connectivity index (χ3n) is 4.21. The van der Waals surface area contributed by atoms with E-state index in [9.17, 15) is 13.2 Å². The van der Waals surface area contributed by atoms with Crippen molar-refractivity contribution in [1.29, 1.82) is 0 Å². The Balaban J connectivity index is 2.14. The van der Waals surface area contributed by atoms with Gasteiger partial charge in [0, 0.05) is 11.4 Å². The van der Waals surface area contributed by atoms with Crippen molar-refractivity contribution < 1.29 is 17.9 Å². The zero-order valence-corrected chi connectivity index (χ0v) is 16.3. The minimum absolute atomic E-state index is 0.0578. The summed E-state index contributed by atoms with van der Waals surface area (Å²) < 4.78 is 46.2. The standard InChI is InChI=1S/C21H21F3N4O/c1-4-6-14-7-5-8-16(25-14)18-27-19(26-15-11-9-13(2)10-12-15)17(21(22,23)24)20(28-18)29-3/h5,7-12H,4,6H2,1-3H3,(H,26,27,28). The number of pyridine rings is 1. The van der Waals surface area contributed by atoms with Crippen LogP contribution in [0, 0.1) is 6.92 Å². The molecule has 0 amide bonds. The summed E-state index contributed by atoms with van der Waals surface area (Å²) in [4.78, 5) is 12.6. The number of nitrogens with one attached hydrogen (secondary N) is 1. The highest BCUT2D eigenvalue weighted by Gasteiger charge is 2.40. The molecule has 8 heteroatoms. The van der Waals surface area contributed by atoms with E-state index in [-0.39, 0.29) is 11.6 Å². The van der Waals surface area contributed by atoms with Gasteiger partial charge in [-0.15, -0.1) is 0 Å². The molecule has 0 aliphatic carbocycles. The van der Waals surface area contributed by atoms with Crippen LogP contribution < -0.4 is 10.1 Å². The van der Waals surface area contributed by atoms with Crippen LogP contribution in [0.25, 0.3) is 11.5 Å². The molecular formula is C21H21F3N4O. The molecule has 29 heavy (non-hydrogen) atoms. The first-order chi connectivity index (χ1) is 13.8. The normalized spacial score (nSPS) is 11.4. The van der Waals surface area contributed by atoms with Crippen molar-refractivity contribution in [3.63, 3.8) is 0 Å². The molecule has 152 valence electrons. The topological polar surface area (TPSA) is 59.9 Å². The number of ether oxygens (including phenoxy) is 1. The summed E-state index contributed by atoms with van der Waals surface area (Å²) in [5.41, 5.74) is 1.61. The Morgan fingerprint density at radius 2 is 1.72 bits per heavy atom. The van der Waals surface area contributed by atoms with Crippen LogP contribution in [0.3, 0.4) is 0 Å². The number of aromatic nitrogens is 3. The molecule has 0 aliphatic rings. The molecule has 0 bridgehead atoms. The Labute approximate surface area is 167 Å². The average molecular weight is 402 g/mol. The first-order valence-electron chi connectivity index (χ1n) is 9.15. The lowest BCUT2D eigenvalue weighted by molar-refractivity contribution is -0.138. The molecule has 0 aliphatic heterocycles. The summed E-state index contributed by atoms with van der Waals surface area (Å²) in [7, 11) is 1.15. The Kier molecular flexibility index (Phi) is 6.00. The molecule has 1 N–H and O–H groups in total. The van der Waals surface area contributed by atoms with Crippen molar-refractivity contribution in [3.8, 4) is 17.4 Å². The molecule has 0 saturated heterocycles. The Bertz CT molecular complexity index is 988. The zero-order valence-electron chi connectivity index (χ0n) is 16.3. The SMILES string of the molecule is CCCc1cccc(-c2nc(Nc3ccc(C)cc3)c(C(F)(F)F)c(OC)n2)n1. The number of anilines is 2. The van der Waals surface area contributed by atoms with E-state index in [1.165, 1.54) is 0 Å². The molecule has 0 radical (unpaired) electrons. The van der Waals surface area contributed by atoms with E-state index in [1.807, 2.05) is 19.9 Å². The lowest BCUT2D eigenvalue weighted by atomic mass is 10.2. The van der Waals surface area contributed by atoms with Crippen molar-refractivity contribution >= 4 is 11.5 Å². The first kappa shape index (κ1) is 20.6. The number of alkyl halides is 3. The summed E-state index contributed by atoms with van der Waals surface area (Å²) in [6.07, 6.45) is -3.05. The molecule has 2 heterocycles. The minimum Gasteiger partial charge on any atom is -0.480 e. The maximum absolute atomic E-state index is 13.7. The van der Waals surface area contributed by atoms with Gasteiger partial charge in [0.05, 0.1) is 7.11 Å². The monoisotopic (exact) mass is 402 g/mol. The third kappa shape index (κ3) is 4.82. The molecule has 5 nitrogen and oxygen atoms in total. The molecule has 3 aromatic rings. The van der Waals surface area contributed by atoms with E-state index in [2.05, 4.69) is 20.3 Å². The zero-order chi connectivity index (χ0) is 21.0. The molecule has 0 unspecified atom stereocenters. The van der Waals surface area contributed by atoms with E-state index < -0.39 is 17.6 Å². The van der Waals surface area contributed by atoms with E-state index in [0.29, 0.717) is 11.4 Å². The van der Waals surface area contributed by atoms with Gasteiger partial charge in [0.15, 0.2) is 17.2 Å². The molecule has 2 aromatic heterocycles. The molecule has 0 atom stereocenters. The number of halogens is 3. The van der Waals surface area contributed by atoms with Crippen molar-refractivity contribution in [2.75, 3.05) is 12.4 Å². The number of benzene rings is 1. The third-order valence-corrected chi connectivity index (χ3v) is 4.21. The number of methoxy groups -OCH3 is 1.